The minimum absolute atomic E-state index is 0.442. The fourth-order valence-corrected chi connectivity index (χ4v) is 3.53. The second kappa shape index (κ2) is 7.16. The van der Waals surface area contributed by atoms with E-state index in [1.54, 1.807) is 14.2 Å². The number of nitrogens with zero attached hydrogens (tertiary/aromatic N) is 1. The molecule has 0 unspecified atom stereocenters. The zero-order chi connectivity index (χ0) is 18.7. The molecule has 136 valence electrons. The Labute approximate surface area is 159 Å². The maximum atomic E-state index is 6.58. The van der Waals surface area contributed by atoms with Gasteiger partial charge in [-0.15, -0.1) is 0 Å². The Hall–Kier alpha value is -3.27. The minimum atomic E-state index is -0.815. The smallest absolute Gasteiger partial charge is 0.217 e. The molecule has 1 aliphatic rings. The average Bonchev–Trinajstić information content (AvgIpc) is 3.20. The Morgan fingerprint density at radius 3 is 1.81 bits per heavy atom. The zero-order valence-corrected chi connectivity index (χ0v) is 15.4. The van der Waals surface area contributed by atoms with Gasteiger partial charge >= 0.3 is 0 Å². The van der Waals surface area contributed by atoms with Gasteiger partial charge < -0.3 is 14.2 Å². The van der Waals surface area contributed by atoms with E-state index in [-0.39, 0.29) is 0 Å². The molecular formula is C23H21NO3. The molecular weight excluding hydrogens is 338 g/mol. The number of aliphatic imine (C=N–C) groups is 1. The summed E-state index contributed by atoms with van der Waals surface area (Å²) in [7, 11) is 3.34. The predicted octanol–water partition coefficient (Wildman–Crippen LogP) is 4.42. The van der Waals surface area contributed by atoms with E-state index in [0.717, 1.165) is 28.2 Å². The minimum Gasteiger partial charge on any atom is -0.496 e. The van der Waals surface area contributed by atoms with Gasteiger partial charge in [0.15, 0.2) is 5.60 Å². The summed E-state index contributed by atoms with van der Waals surface area (Å²) in [6.07, 6.45) is 0. The molecule has 3 aromatic rings. The van der Waals surface area contributed by atoms with Crippen molar-refractivity contribution in [2.45, 2.75) is 5.60 Å². The summed E-state index contributed by atoms with van der Waals surface area (Å²) in [5.41, 5.74) is 1.98. The molecule has 0 bridgehead atoms. The van der Waals surface area contributed by atoms with Gasteiger partial charge in [0, 0.05) is 16.7 Å². The fourth-order valence-electron chi connectivity index (χ4n) is 3.53. The Bertz CT molecular complexity index is 919. The number of para-hydroxylation sites is 2. The molecule has 0 aliphatic carbocycles. The largest absolute Gasteiger partial charge is 0.496 e. The Morgan fingerprint density at radius 1 is 0.741 bits per heavy atom. The molecule has 0 amide bonds. The highest BCUT2D eigenvalue weighted by Gasteiger charge is 2.45. The fraction of sp³-hybridized carbons (Fsp3) is 0.174. The van der Waals surface area contributed by atoms with E-state index >= 15 is 0 Å². The van der Waals surface area contributed by atoms with Gasteiger partial charge in [-0.2, -0.15) is 0 Å². The molecule has 0 N–H and O–H groups in total. The third-order valence-corrected chi connectivity index (χ3v) is 4.82. The average molecular weight is 359 g/mol. The van der Waals surface area contributed by atoms with Crippen molar-refractivity contribution in [2.75, 3.05) is 20.8 Å². The summed E-state index contributed by atoms with van der Waals surface area (Å²) in [4.78, 5) is 4.75. The second-order valence-electron chi connectivity index (χ2n) is 6.32. The standard InChI is InChI=1S/C23H21NO3/c1-25-20-14-8-6-12-18(20)23(19-13-7-9-15-21(19)26-2)16-24-22(27-23)17-10-4-3-5-11-17/h3-15H,16H2,1-2H3. The van der Waals surface area contributed by atoms with Crippen molar-refractivity contribution in [3.63, 3.8) is 0 Å². The number of benzene rings is 3. The summed E-state index contributed by atoms with van der Waals surface area (Å²) in [6.45, 7) is 0.442. The molecule has 4 rings (SSSR count). The van der Waals surface area contributed by atoms with Crippen LogP contribution in [0.3, 0.4) is 0 Å². The van der Waals surface area contributed by atoms with Crippen molar-refractivity contribution < 1.29 is 14.2 Å². The third kappa shape index (κ3) is 2.93. The topological polar surface area (TPSA) is 40.0 Å². The highest BCUT2D eigenvalue weighted by molar-refractivity contribution is 5.96. The highest BCUT2D eigenvalue weighted by Crippen LogP contribution is 2.45. The van der Waals surface area contributed by atoms with E-state index < -0.39 is 5.60 Å². The van der Waals surface area contributed by atoms with Gasteiger partial charge in [0.1, 0.15) is 11.5 Å². The number of rotatable bonds is 5. The maximum Gasteiger partial charge on any atom is 0.217 e. The molecule has 0 saturated carbocycles. The van der Waals surface area contributed by atoms with Gasteiger partial charge in [-0.05, 0) is 24.3 Å². The molecule has 0 aromatic heterocycles. The van der Waals surface area contributed by atoms with E-state index in [0.29, 0.717) is 12.4 Å². The van der Waals surface area contributed by atoms with Gasteiger partial charge in [0.25, 0.3) is 0 Å². The Morgan fingerprint density at radius 2 is 1.26 bits per heavy atom. The van der Waals surface area contributed by atoms with Gasteiger partial charge in [-0.1, -0.05) is 54.6 Å². The van der Waals surface area contributed by atoms with Crippen LogP contribution in [0.5, 0.6) is 11.5 Å². The lowest BCUT2D eigenvalue weighted by Crippen LogP contribution is -2.33. The van der Waals surface area contributed by atoms with Gasteiger partial charge in [0.05, 0.1) is 20.8 Å². The van der Waals surface area contributed by atoms with Crippen LogP contribution >= 0.6 is 0 Å². The maximum absolute atomic E-state index is 6.58. The van der Waals surface area contributed by atoms with E-state index in [4.69, 9.17) is 19.2 Å². The van der Waals surface area contributed by atoms with Crippen molar-refractivity contribution in [3.8, 4) is 11.5 Å². The first-order valence-electron chi connectivity index (χ1n) is 8.84. The van der Waals surface area contributed by atoms with Crippen LogP contribution in [0.2, 0.25) is 0 Å². The van der Waals surface area contributed by atoms with Crippen LogP contribution in [-0.4, -0.2) is 26.7 Å². The van der Waals surface area contributed by atoms with Crippen molar-refractivity contribution in [3.05, 3.63) is 95.6 Å². The summed E-state index contributed by atoms with van der Waals surface area (Å²) in [6, 6.07) is 25.7. The molecule has 4 heteroatoms. The summed E-state index contributed by atoms with van der Waals surface area (Å²) < 4.78 is 17.9. The lowest BCUT2D eigenvalue weighted by atomic mass is 9.85. The van der Waals surface area contributed by atoms with Crippen LogP contribution in [0.1, 0.15) is 16.7 Å². The van der Waals surface area contributed by atoms with Crippen LogP contribution in [0.4, 0.5) is 0 Å². The number of methoxy groups -OCH3 is 2. The van der Waals surface area contributed by atoms with Crippen molar-refractivity contribution in [2.24, 2.45) is 4.99 Å². The van der Waals surface area contributed by atoms with E-state index in [9.17, 15) is 0 Å². The molecule has 1 heterocycles. The van der Waals surface area contributed by atoms with Crippen LogP contribution in [0.15, 0.2) is 83.9 Å². The first-order valence-corrected chi connectivity index (χ1v) is 8.84. The SMILES string of the molecule is COc1ccccc1C1(c2ccccc2OC)CN=C(c2ccccc2)O1. The van der Waals surface area contributed by atoms with E-state index in [2.05, 4.69) is 0 Å². The molecule has 3 aromatic carbocycles. The Kier molecular flexibility index (Phi) is 4.55. The lowest BCUT2D eigenvalue weighted by Gasteiger charge is -2.32. The quantitative estimate of drug-likeness (QED) is 0.677. The van der Waals surface area contributed by atoms with Crippen LogP contribution < -0.4 is 9.47 Å². The van der Waals surface area contributed by atoms with Gasteiger partial charge in [-0.25, -0.2) is 4.99 Å². The molecule has 1 aliphatic heterocycles. The van der Waals surface area contributed by atoms with Gasteiger partial charge in [-0.3, -0.25) is 0 Å². The Balaban J connectivity index is 1.88. The third-order valence-electron chi connectivity index (χ3n) is 4.82. The molecule has 0 radical (unpaired) electrons. The highest BCUT2D eigenvalue weighted by atomic mass is 16.5. The zero-order valence-electron chi connectivity index (χ0n) is 15.4. The lowest BCUT2D eigenvalue weighted by molar-refractivity contribution is 0.125. The van der Waals surface area contributed by atoms with Crippen molar-refractivity contribution in [1.82, 2.24) is 0 Å². The summed E-state index contributed by atoms with van der Waals surface area (Å²) in [5, 5.41) is 0. The van der Waals surface area contributed by atoms with Crippen molar-refractivity contribution >= 4 is 5.90 Å². The summed E-state index contributed by atoms with van der Waals surface area (Å²) >= 11 is 0. The first kappa shape index (κ1) is 17.2. The monoisotopic (exact) mass is 359 g/mol. The molecule has 27 heavy (non-hydrogen) atoms. The van der Waals surface area contributed by atoms with E-state index in [1.807, 2.05) is 78.9 Å². The van der Waals surface area contributed by atoms with Crippen molar-refractivity contribution in [1.29, 1.82) is 0 Å². The molecule has 0 fully saturated rings. The number of hydrogen-bond donors (Lipinski definition) is 0. The first-order chi connectivity index (χ1) is 13.3. The predicted molar refractivity (Wildman–Crippen MR) is 106 cm³/mol. The number of ether oxygens (including phenoxy) is 3. The summed E-state index contributed by atoms with van der Waals surface area (Å²) in [5.74, 6) is 2.13. The van der Waals surface area contributed by atoms with Crippen LogP contribution in [-0.2, 0) is 10.3 Å². The normalized spacial score (nSPS) is 15.0. The molecule has 4 nitrogen and oxygen atoms in total. The van der Waals surface area contributed by atoms with E-state index in [1.165, 1.54) is 0 Å². The molecule has 0 saturated heterocycles. The van der Waals surface area contributed by atoms with Crippen LogP contribution in [0, 0.1) is 0 Å². The van der Waals surface area contributed by atoms with Gasteiger partial charge in [0.2, 0.25) is 5.90 Å². The van der Waals surface area contributed by atoms with Crippen LogP contribution in [0.25, 0.3) is 0 Å². The number of hydrogen-bond acceptors (Lipinski definition) is 4. The molecule has 0 atom stereocenters. The molecule has 0 spiro atoms. The second-order valence-corrected chi connectivity index (χ2v) is 6.32.